The van der Waals surface area contributed by atoms with Crippen molar-refractivity contribution in [1.82, 2.24) is 15.1 Å². The second kappa shape index (κ2) is 7.27. The molecule has 0 saturated carbocycles. The highest BCUT2D eigenvalue weighted by atomic mass is 16.5. The van der Waals surface area contributed by atoms with Gasteiger partial charge in [-0.1, -0.05) is 12.1 Å². The summed E-state index contributed by atoms with van der Waals surface area (Å²) in [5.74, 6) is 0.909. The molecule has 0 amide bonds. The summed E-state index contributed by atoms with van der Waals surface area (Å²) in [6.07, 6.45) is 3.94. The number of aromatic nitrogens is 2. The molecule has 2 aromatic rings. The number of methoxy groups -OCH3 is 1. The number of likely N-dealkylation sites (N-methyl/N-ethyl adjacent to an activating group) is 1. The van der Waals surface area contributed by atoms with Crippen molar-refractivity contribution in [2.24, 2.45) is 0 Å². The normalized spacial score (nSPS) is 12.6. The summed E-state index contributed by atoms with van der Waals surface area (Å²) in [5.41, 5.74) is 2.41. The van der Waals surface area contributed by atoms with Gasteiger partial charge in [-0.25, -0.2) is 0 Å². The average Bonchev–Trinajstić information content (AvgIpc) is 2.95. The second-order valence-corrected chi connectivity index (χ2v) is 5.63. The quantitative estimate of drug-likeness (QED) is 0.851. The van der Waals surface area contributed by atoms with E-state index in [-0.39, 0.29) is 0 Å². The molecule has 1 unspecified atom stereocenters. The highest BCUT2D eigenvalue weighted by Gasteiger charge is 2.11. The van der Waals surface area contributed by atoms with Crippen LogP contribution in [0.3, 0.4) is 0 Å². The first kappa shape index (κ1) is 15.6. The van der Waals surface area contributed by atoms with Gasteiger partial charge in [0.25, 0.3) is 0 Å². The molecule has 4 heteroatoms. The molecular weight excluding hydrogens is 262 g/mol. The lowest BCUT2D eigenvalue weighted by atomic mass is 10.0. The van der Waals surface area contributed by atoms with Crippen molar-refractivity contribution < 1.29 is 4.74 Å². The van der Waals surface area contributed by atoms with Crippen molar-refractivity contribution in [3.05, 3.63) is 47.8 Å². The monoisotopic (exact) mass is 287 g/mol. The molecule has 21 heavy (non-hydrogen) atoms. The van der Waals surface area contributed by atoms with E-state index in [1.165, 1.54) is 5.56 Å². The number of hydrogen-bond donors (Lipinski definition) is 1. The summed E-state index contributed by atoms with van der Waals surface area (Å²) in [6.45, 7) is 4.28. The van der Waals surface area contributed by atoms with Crippen molar-refractivity contribution in [2.75, 3.05) is 14.2 Å². The van der Waals surface area contributed by atoms with E-state index in [9.17, 15) is 0 Å². The van der Waals surface area contributed by atoms with Crippen LogP contribution < -0.4 is 10.1 Å². The molecule has 0 radical (unpaired) electrons. The molecule has 0 bridgehead atoms. The van der Waals surface area contributed by atoms with Crippen LogP contribution >= 0.6 is 0 Å². The molecule has 1 atom stereocenters. The molecule has 0 aliphatic carbocycles. The van der Waals surface area contributed by atoms with Crippen LogP contribution in [0.4, 0.5) is 0 Å². The fraction of sp³-hybridized carbons (Fsp3) is 0.471. The number of hydrogen-bond acceptors (Lipinski definition) is 3. The van der Waals surface area contributed by atoms with Crippen LogP contribution in [0.25, 0.3) is 0 Å². The van der Waals surface area contributed by atoms with Gasteiger partial charge in [-0.05, 0) is 51.1 Å². The molecule has 1 aromatic carbocycles. The zero-order chi connectivity index (χ0) is 15.2. The van der Waals surface area contributed by atoms with E-state index in [4.69, 9.17) is 4.74 Å². The largest absolute Gasteiger partial charge is 0.497 e. The molecule has 1 heterocycles. The maximum absolute atomic E-state index is 5.28. The van der Waals surface area contributed by atoms with Crippen LogP contribution in [0.15, 0.2) is 36.5 Å². The lowest BCUT2D eigenvalue weighted by Crippen LogP contribution is -2.30. The van der Waals surface area contributed by atoms with Gasteiger partial charge in [-0.3, -0.25) is 4.68 Å². The van der Waals surface area contributed by atoms with Gasteiger partial charge in [0.2, 0.25) is 0 Å². The second-order valence-electron chi connectivity index (χ2n) is 5.63. The molecule has 1 aromatic heterocycles. The smallest absolute Gasteiger partial charge is 0.119 e. The van der Waals surface area contributed by atoms with Gasteiger partial charge >= 0.3 is 0 Å². The summed E-state index contributed by atoms with van der Waals surface area (Å²) in [4.78, 5) is 0. The number of benzene rings is 1. The summed E-state index contributed by atoms with van der Waals surface area (Å²) < 4.78 is 7.29. The van der Waals surface area contributed by atoms with Crippen molar-refractivity contribution in [3.63, 3.8) is 0 Å². The van der Waals surface area contributed by atoms with E-state index in [1.807, 2.05) is 23.9 Å². The van der Waals surface area contributed by atoms with Gasteiger partial charge < -0.3 is 10.1 Å². The first-order chi connectivity index (χ1) is 10.1. The lowest BCUT2D eigenvalue weighted by Gasteiger charge is -2.15. The van der Waals surface area contributed by atoms with Crippen LogP contribution in [-0.4, -0.2) is 30.0 Å². The lowest BCUT2D eigenvalue weighted by molar-refractivity contribution is 0.414. The summed E-state index contributed by atoms with van der Waals surface area (Å²) in [7, 11) is 3.71. The van der Waals surface area contributed by atoms with E-state index in [2.05, 4.69) is 48.7 Å². The minimum atomic E-state index is 0.368. The van der Waals surface area contributed by atoms with E-state index in [1.54, 1.807) is 7.11 Å². The number of rotatable bonds is 7. The third-order valence-corrected chi connectivity index (χ3v) is 3.67. The van der Waals surface area contributed by atoms with Crippen molar-refractivity contribution in [1.29, 1.82) is 0 Å². The molecule has 0 aliphatic heterocycles. The molecule has 0 fully saturated rings. The number of nitrogens with one attached hydrogen (secondary N) is 1. The predicted octanol–water partition coefficient (Wildman–Crippen LogP) is 2.85. The maximum Gasteiger partial charge on any atom is 0.119 e. The van der Waals surface area contributed by atoms with Crippen molar-refractivity contribution in [3.8, 4) is 5.75 Å². The van der Waals surface area contributed by atoms with Gasteiger partial charge in [0.15, 0.2) is 0 Å². The van der Waals surface area contributed by atoms with Crippen LogP contribution in [-0.2, 0) is 12.8 Å². The molecule has 0 aliphatic rings. The SMILES string of the molecule is CNC(Cc1cccc(OC)c1)Cc1ccn(C(C)C)n1. The van der Waals surface area contributed by atoms with E-state index in [0.29, 0.717) is 12.1 Å². The Morgan fingerprint density at radius 2 is 2.05 bits per heavy atom. The van der Waals surface area contributed by atoms with Crippen LogP contribution in [0.5, 0.6) is 5.75 Å². The fourth-order valence-corrected chi connectivity index (χ4v) is 2.39. The predicted molar refractivity (Wildman–Crippen MR) is 85.9 cm³/mol. The Bertz CT molecular complexity index is 563. The zero-order valence-electron chi connectivity index (χ0n) is 13.3. The summed E-state index contributed by atoms with van der Waals surface area (Å²) in [6, 6.07) is 11.1. The molecule has 2 rings (SSSR count). The third kappa shape index (κ3) is 4.33. The van der Waals surface area contributed by atoms with E-state index in [0.717, 1.165) is 24.3 Å². The van der Waals surface area contributed by atoms with Gasteiger partial charge in [-0.2, -0.15) is 5.10 Å². The van der Waals surface area contributed by atoms with E-state index >= 15 is 0 Å². The molecule has 4 nitrogen and oxygen atoms in total. The summed E-state index contributed by atoms with van der Waals surface area (Å²) >= 11 is 0. The molecule has 114 valence electrons. The van der Waals surface area contributed by atoms with Gasteiger partial charge in [0.1, 0.15) is 5.75 Å². The number of ether oxygens (including phenoxy) is 1. The Kier molecular flexibility index (Phi) is 5.39. The van der Waals surface area contributed by atoms with Gasteiger partial charge in [0.05, 0.1) is 12.8 Å². The van der Waals surface area contributed by atoms with Crippen molar-refractivity contribution >= 4 is 0 Å². The first-order valence-corrected chi connectivity index (χ1v) is 7.46. The Morgan fingerprint density at radius 1 is 1.24 bits per heavy atom. The fourth-order valence-electron chi connectivity index (χ4n) is 2.39. The molecule has 0 spiro atoms. The molecule has 1 N–H and O–H groups in total. The minimum absolute atomic E-state index is 0.368. The average molecular weight is 287 g/mol. The highest BCUT2D eigenvalue weighted by molar-refractivity contribution is 5.29. The minimum Gasteiger partial charge on any atom is -0.497 e. The van der Waals surface area contributed by atoms with Crippen LogP contribution in [0, 0.1) is 0 Å². The maximum atomic E-state index is 5.28. The Balaban J connectivity index is 2.01. The Morgan fingerprint density at radius 3 is 2.67 bits per heavy atom. The van der Waals surface area contributed by atoms with Crippen molar-refractivity contribution in [2.45, 2.75) is 38.8 Å². The van der Waals surface area contributed by atoms with Gasteiger partial charge in [-0.15, -0.1) is 0 Å². The molecule has 0 saturated heterocycles. The standard InChI is InChI=1S/C17H25N3O/c1-13(2)20-9-8-15(19-20)12-16(18-3)10-14-6-5-7-17(11-14)21-4/h5-9,11,13,16,18H,10,12H2,1-4H3. The topological polar surface area (TPSA) is 39.1 Å². The number of nitrogens with zero attached hydrogens (tertiary/aromatic N) is 2. The molecular formula is C17H25N3O. The highest BCUT2D eigenvalue weighted by Crippen LogP contribution is 2.15. The van der Waals surface area contributed by atoms with Crippen LogP contribution in [0.2, 0.25) is 0 Å². The summed E-state index contributed by atoms with van der Waals surface area (Å²) in [5, 5.41) is 8.01. The zero-order valence-corrected chi connectivity index (χ0v) is 13.3. The van der Waals surface area contributed by atoms with Gasteiger partial charge in [0, 0.05) is 24.7 Å². The Hall–Kier alpha value is -1.81. The Labute approximate surface area is 127 Å². The first-order valence-electron chi connectivity index (χ1n) is 7.46. The van der Waals surface area contributed by atoms with Crippen LogP contribution in [0.1, 0.15) is 31.1 Å². The third-order valence-electron chi connectivity index (χ3n) is 3.67. The van der Waals surface area contributed by atoms with E-state index < -0.39 is 0 Å².